The minimum atomic E-state index is -0.156. The predicted octanol–water partition coefficient (Wildman–Crippen LogP) is 2.35. The van der Waals surface area contributed by atoms with Crippen LogP contribution in [0.4, 0.5) is 0 Å². The van der Waals surface area contributed by atoms with Crippen LogP contribution in [0.2, 0.25) is 0 Å². The van der Waals surface area contributed by atoms with E-state index in [-0.39, 0.29) is 11.9 Å². The van der Waals surface area contributed by atoms with Crippen LogP contribution >= 0.6 is 0 Å². The zero-order valence-electron chi connectivity index (χ0n) is 11.4. The summed E-state index contributed by atoms with van der Waals surface area (Å²) in [4.78, 5) is 15.9. The SMILES string of the molecule is C[C@@H](NC(=O)c1ccoc1)c1ccc(-n2cncn2)cc1. The van der Waals surface area contributed by atoms with E-state index < -0.39 is 0 Å². The summed E-state index contributed by atoms with van der Waals surface area (Å²) in [7, 11) is 0. The summed E-state index contributed by atoms with van der Waals surface area (Å²) in [5.74, 6) is -0.156. The lowest BCUT2D eigenvalue weighted by atomic mass is 10.1. The molecule has 6 heteroatoms. The quantitative estimate of drug-likeness (QED) is 0.797. The van der Waals surface area contributed by atoms with E-state index in [2.05, 4.69) is 15.4 Å². The van der Waals surface area contributed by atoms with Gasteiger partial charge >= 0.3 is 0 Å². The zero-order valence-corrected chi connectivity index (χ0v) is 11.4. The second kappa shape index (κ2) is 5.62. The highest BCUT2D eigenvalue weighted by Crippen LogP contribution is 2.16. The molecule has 0 aliphatic rings. The van der Waals surface area contributed by atoms with Crippen LogP contribution < -0.4 is 5.32 Å². The molecule has 0 aliphatic heterocycles. The minimum absolute atomic E-state index is 0.0998. The Bertz CT molecular complexity index is 703. The molecule has 106 valence electrons. The van der Waals surface area contributed by atoms with Crippen LogP contribution in [0, 0.1) is 0 Å². The van der Waals surface area contributed by atoms with Crippen LogP contribution in [0.3, 0.4) is 0 Å². The van der Waals surface area contributed by atoms with Crippen molar-refractivity contribution < 1.29 is 9.21 Å². The van der Waals surface area contributed by atoms with Gasteiger partial charge in [0.1, 0.15) is 18.9 Å². The Balaban J connectivity index is 1.70. The molecule has 1 amide bonds. The molecule has 21 heavy (non-hydrogen) atoms. The van der Waals surface area contributed by atoms with Crippen LogP contribution in [0.5, 0.6) is 0 Å². The van der Waals surface area contributed by atoms with Gasteiger partial charge < -0.3 is 9.73 Å². The van der Waals surface area contributed by atoms with Gasteiger partial charge in [0.2, 0.25) is 0 Å². The molecule has 0 unspecified atom stereocenters. The first-order chi connectivity index (χ1) is 10.2. The Morgan fingerprint density at radius 3 is 2.71 bits per heavy atom. The summed E-state index contributed by atoms with van der Waals surface area (Å²) in [5.41, 5.74) is 2.45. The number of hydrogen-bond donors (Lipinski definition) is 1. The van der Waals surface area contributed by atoms with Crippen molar-refractivity contribution in [2.45, 2.75) is 13.0 Å². The summed E-state index contributed by atoms with van der Waals surface area (Å²) in [6.45, 7) is 1.93. The van der Waals surface area contributed by atoms with Gasteiger partial charge in [-0.15, -0.1) is 0 Å². The first kappa shape index (κ1) is 13.1. The topological polar surface area (TPSA) is 73.0 Å². The van der Waals surface area contributed by atoms with E-state index in [0.717, 1.165) is 11.3 Å². The minimum Gasteiger partial charge on any atom is -0.472 e. The van der Waals surface area contributed by atoms with Gasteiger partial charge in [0.25, 0.3) is 5.91 Å². The Labute approximate surface area is 121 Å². The summed E-state index contributed by atoms with van der Waals surface area (Å²) in [6, 6.07) is 9.32. The summed E-state index contributed by atoms with van der Waals surface area (Å²) in [6.07, 6.45) is 6.03. The fourth-order valence-corrected chi connectivity index (χ4v) is 2.01. The van der Waals surface area contributed by atoms with Gasteiger partial charge in [-0.05, 0) is 30.7 Å². The molecule has 0 saturated carbocycles. The molecule has 0 radical (unpaired) electrons. The van der Waals surface area contributed by atoms with Crippen LogP contribution in [-0.2, 0) is 0 Å². The number of nitrogens with one attached hydrogen (secondary N) is 1. The largest absolute Gasteiger partial charge is 0.472 e. The number of carbonyl (C=O) groups is 1. The molecule has 1 atom stereocenters. The molecule has 0 saturated heterocycles. The second-order valence-corrected chi connectivity index (χ2v) is 4.64. The van der Waals surface area contributed by atoms with Gasteiger partial charge in [0.15, 0.2) is 0 Å². The van der Waals surface area contributed by atoms with Gasteiger partial charge in [-0.2, -0.15) is 5.10 Å². The van der Waals surface area contributed by atoms with Gasteiger partial charge in [-0.25, -0.2) is 9.67 Å². The van der Waals surface area contributed by atoms with Crippen molar-refractivity contribution in [3.05, 3.63) is 66.6 Å². The first-order valence-electron chi connectivity index (χ1n) is 6.52. The fraction of sp³-hybridized carbons (Fsp3) is 0.133. The van der Waals surface area contributed by atoms with E-state index in [9.17, 15) is 4.79 Å². The number of carbonyl (C=O) groups excluding carboxylic acids is 1. The number of aromatic nitrogens is 3. The lowest BCUT2D eigenvalue weighted by Crippen LogP contribution is -2.26. The molecule has 2 aromatic heterocycles. The number of nitrogens with zero attached hydrogens (tertiary/aromatic N) is 3. The maximum atomic E-state index is 11.9. The molecule has 6 nitrogen and oxygen atoms in total. The highest BCUT2D eigenvalue weighted by Gasteiger charge is 2.12. The molecule has 1 N–H and O–H groups in total. The van der Waals surface area contributed by atoms with Crippen molar-refractivity contribution in [2.24, 2.45) is 0 Å². The van der Waals surface area contributed by atoms with Crippen LogP contribution in [0.25, 0.3) is 5.69 Å². The Morgan fingerprint density at radius 2 is 2.10 bits per heavy atom. The molecule has 1 aromatic carbocycles. The van der Waals surface area contributed by atoms with E-state index in [1.807, 2.05) is 31.2 Å². The third-order valence-electron chi connectivity index (χ3n) is 3.21. The van der Waals surface area contributed by atoms with Gasteiger partial charge in [0, 0.05) is 0 Å². The molecule has 0 aliphatic carbocycles. The molecule has 0 bridgehead atoms. The third kappa shape index (κ3) is 2.84. The molecule has 0 spiro atoms. The van der Waals surface area contributed by atoms with Crippen LogP contribution in [0.1, 0.15) is 28.9 Å². The van der Waals surface area contributed by atoms with Crippen molar-refractivity contribution in [2.75, 3.05) is 0 Å². The number of amides is 1. The van der Waals surface area contributed by atoms with Gasteiger partial charge in [0.05, 0.1) is 23.6 Å². The van der Waals surface area contributed by atoms with Crippen molar-refractivity contribution >= 4 is 5.91 Å². The van der Waals surface area contributed by atoms with Crippen molar-refractivity contribution in [3.63, 3.8) is 0 Å². The normalized spacial score (nSPS) is 12.0. The van der Waals surface area contributed by atoms with E-state index >= 15 is 0 Å². The van der Waals surface area contributed by atoms with Crippen molar-refractivity contribution in [1.29, 1.82) is 0 Å². The molecular weight excluding hydrogens is 268 g/mol. The predicted molar refractivity (Wildman–Crippen MR) is 75.9 cm³/mol. The standard InChI is InChI=1S/C15H14N4O2/c1-11(18-15(20)13-6-7-21-8-13)12-2-4-14(5-3-12)19-10-16-9-17-19/h2-11H,1H3,(H,18,20)/t11-/m1/s1. The highest BCUT2D eigenvalue weighted by atomic mass is 16.3. The average Bonchev–Trinajstić information content (AvgIpc) is 3.20. The Kier molecular flexibility index (Phi) is 3.51. The molecule has 3 rings (SSSR count). The molecule has 3 aromatic rings. The van der Waals surface area contributed by atoms with E-state index in [1.54, 1.807) is 17.1 Å². The number of hydrogen-bond acceptors (Lipinski definition) is 4. The van der Waals surface area contributed by atoms with Crippen molar-refractivity contribution in [3.8, 4) is 5.69 Å². The first-order valence-corrected chi connectivity index (χ1v) is 6.52. The van der Waals surface area contributed by atoms with Crippen LogP contribution in [0.15, 0.2) is 59.9 Å². The maximum Gasteiger partial charge on any atom is 0.255 e. The van der Waals surface area contributed by atoms with Crippen molar-refractivity contribution in [1.82, 2.24) is 20.1 Å². The molecular formula is C15H14N4O2. The lowest BCUT2D eigenvalue weighted by molar-refractivity contribution is 0.0939. The fourth-order valence-electron chi connectivity index (χ4n) is 2.01. The summed E-state index contributed by atoms with van der Waals surface area (Å²) >= 11 is 0. The molecule has 0 fully saturated rings. The summed E-state index contributed by atoms with van der Waals surface area (Å²) in [5, 5.41) is 6.99. The monoisotopic (exact) mass is 282 g/mol. The second-order valence-electron chi connectivity index (χ2n) is 4.64. The lowest BCUT2D eigenvalue weighted by Gasteiger charge is -2.14. The van der Waals surface area contributed by atoms with Gasteiger partial charge in [-0.3, -0.25) is 4.79 Å². The Morgan fingerprint density at radius 1 is 1.29 bits per heavy atom. The van der Waals surface area contributed by atoms with E-state index in [1.165, 1.54) is 18.9 Å². The average molecular weight is 282 g/mol. The number of rotatable bonds is 4. The van der Waals surface area contributed by atoms with Crippen LogP contribution in [-0.4, -0.2) is 20.7 Å². The highest BCUT2D eigenvalue weighted by molar-refractivity contribution is 5.94. The number of benzene rings is 1. The molecule has 2 heterocycles. The van der Waals surface area contributed by atoms with E-state index in [0.29, 0.717) is 5.56 Å². The zero-order chi connectivity index (χ0) is 14.7. The maximum absolute atomic E-state index is 11.9. The van der Waals surface area contributed by atoms with E-state index in [4.69, 9.17) is 4.42 Å². The third-order valence-corrected chi connectivity index (χ3v) is 3.21. The Hall–Kier alpha value is -2.89. The number of furan rings is 1. The van der Waals surface area contributed by atoms with Gasteiger partial charge in [-0.1, -0.05) is 12.1 Å². The smallest absolute Gasteiger partial charge is 0.255 e. The summed E-state index contributed by atoms with van der Waals surface area (Å²) < 4.78 is 6.58.